The van der Waals surface area contributed by atoms with Crippen LogP contribution in [0.3, 0.4) is 0 Å². The molecule has 2 aromatic carbocycles. The van der Waals surface area contributed by atoms with Gasteiger partial charge >= 0.3 is 5.97 Å². The lowest BCUT2D eigenvalue weighted by Crippen LogP contribution is -2.62. The number of phenolic OH excluding ortho intramolecular Hbond substituents is 4. The fourth-order valence-corrected chi connectivity index (χ4v) is 5.20. The zero-order valence-corrected chi connectivity index (χ0v) is 24.3. The van der Waals surface area contributed by atoms with Gasteiger partial charge < -0.3 is 79.2 Å². The van der Waals surface area contributed by atoms with E-state index < -0.39 is 119 Å². The van der Waals surface area contributed by atoms with Gasteiger partial charge in [0.15, 0.2) is 35.8 Å². The van der Waals surface area contributed by atoms with Gasteiger partial charge in [0.05, 0.1) is 13.2 Å². The van der Waals surface area contributed by atoms with E-state index in [2.05, 4.69) is 0 Å². The Morgan fingerprint density at radius 2 is 1.62 bits per heavy atom. The zero-order chi connectivity index (χ0) is 34.3. The van der Waals surface area contributed by atoms with Gasteiger partial charge in [-0.3, -0.25) is 4.79 Å². The number of aromatic hydroxyl groups is 4. The Morgan fingerprint density at radius 3 is 2.28 bits per heavy atom. The van der Waals surface area contributed by atoms with Crippen LogP contribution in [0.1, 0.15) is 6.92 Å². The Labute approximate surface area is 263 Å². The Morgan fingerprint density at radius 1 is 0.894 bits per heavy atom. The second-order valence-corrected chi connectivity index (χ2v) is 10.7. The van der Waals surface area contributed by atoms with Gasteiger partial charge in [-0.25, -0.2) is 4.79 Å². The van der Waals surface area contributed by atoms with Gasteiger partial charge in [0.2, 0.25) is 17.5 Å². The molecule has 2 fully saturated rings. The largest absolute Gasteiger partial charge is 0.508 e. The maximum Gasteiger partial charge on any atom is 0.338 e. The van der Waals surface area contributed by atoms with E-state index in [-0.39, 0.29) is 17.8 Å². The molecular formula is C29H32O18. The number of esters is 1. The number of aliphatic hydroxyl groups is 6. The number of hydrogen-bond donors (Lipinski definition) is 10. The van der Waals surface area contributed by atoms with Crippen molar-refractivity contribution in [2.75, 3.05) is 13.2 Å². The molecule has 2 aliphatic rings. The Balaban J connectivity index is 1.58. The number of rotatable bonds is 9. The molecule has 18 nitrogen and oxygen atoms in total. The summed E-state index contributed by atoms with van der Waals surface area (Å²) in [5.74, 6) is -4.73. The van der Waals surface area contributed by atoms with Crippen molar-refractivity contribution in [1.82, 2.24) is 0 Å². The fraction of sp³-hybridized carbons (Fsp3) is 0.448. The molecule has 10 atom stereocenters. The Bertz CT molecular complexity index is 1670. The molecule has 0 spiro atoms. The molecule has 5 rings (SSSR count). The molecule has 0 aliphatic carbocycles. The maximum absolute atomic E-state index is 13.8. The number of ether oxygens (including phenoxy) is 5. The quantitative estimate of drug-likeness (QED) is 0.0859. The van der Waals surface area contributed by atoms with E-state index in [0.717, 1.165) is 24.3 Å². The molecule has 10 N–H and O–H groups in total. The normalized spacial score (nSPS) is 29.9. The van der Waals surface area contributed by atoms with Gasteiger partial charge in [-0.15, -0.1) is 0 Å². The first kappa shape index (κ1) is 34.1. The van der Waals surface area contributed by atoms with E-state index in [1.165, 1.54) is 13.0 Å². The molecule has 0 unspecified atom stereocenters. The molecule has 0 saturated carbocycles. The lowest BCUT2D eigenvalue weighted by atomic mass is 9.98. The monoisotopic (exact) mass is 668 g/mol. The second-order valence-electron chi connectivity index (χ2n) is 10.7. The highest BCUT2D eigenvalue weighted by Crippen LogP contribution is 2.40. The molecule has 2 aliphatic heterocycles. The van der Waals surface area contributed by atoms with Crippen molar-refractivity contribution >= 4 is 16.9 Å². The van der Waals surface area contributed by atoms with E-state index in [1.807, 2.05) is 0 Å². The summed E-state index contributed by atoms with van der Waals surface area (Å²) in [6.07, 6.45) is -19.0. The molecule has 3 aromatic rings. The van der Waals surface area contributed by atoms with Crippen molar-refractivity contribution in [1.29, 1.82) is 0 Å². The summed E-state index contributed by atoms with van der Waals surface area (Å²) in [4.78, 5) is 26.2. The van der Waals surface area contributed by atoms with Crippen LogP contribution < -0.4 is 10.2 Å². The first-order valence-electron chi connectivity index (χ1n) is 14.1. The van der Waals surface area contributed by atoms with Gasteiger partial charge in [-0.1, -0.05) is 0 Å². The third-order valence-corrected chi connectivity index (χ3v) is 7.57. The van der Waals surface area contributed by atoms with E-state index in [0.29, 0.717) is 0 Å². The van der Waals surface area contributed by atoms with Crippen LogP contribution in [0.4, 0.5) is 0 Å². The van der Waals surface area contributed by atoms with Gasteiger partial charge in [-0.2, -0.15) is 0 Å². The standard InChI is InChI=1S/C29H32O18/c1-2-42-27(41)25-19(38)18(37)20(39)28(46-25)47-26-21(40)23(14(35)8-30)44-29(26)45-24-17(36)16-13(34)6-10(31)7-15(16)43-22(24)9-3-4-11(32)12(33)5-9/h3-7,14,18-21,23,25-26,28-35,37-40H,2,8H2,1H3/t14-,18+,19+,20-,21+,23-,25+,26-,28+,29+/m1/s1. The van der Waals surface area contributed by atoms with E-state index in [4.69, 9.17) is 28.1 Å². The highest BCUT2D eigenvalue weighted by atomic mass is 16.8. The van der Waals surface area contributed by atoms with Crippen molar-refractivity contribution in [2.24, 2.45) is 0 Å². The summed E-state index contributed by atoms with van der Waals surface area (Å²) in [6.45, 7) is 0.395. The summed E-state index contributed by atoms with van der Waals surface area (Å²) in [6, 6.07) is 5.09. The Hall–Kier alpha value is -4.24. The van der Waals surface area contributed by atoms with Gasteiger partial charge in [-0.05, 0) is 25.1 Å². The number of fused-ring (bicyclic) bond motifs is 1. The van der Waals surface area contributed by atoms with Crippen molar-refractivity contribution < 1.29 is 84.0 Å². The van der Waals surface area contributed by atoms with Crippen molar-refractivity contribution in [3.05, 3.63) is 40.6 Å². The minimum absolute atomic E-state index is 0.0829. The molecule has 18 heteroatoms. The van der Waals surface area contributed by atoms with Crippen LogP contribution in [0.2, 0.25) is 0 Å². The predicted molar refractivity (Wildman–Crippen MR) is 151 cm³/mol. The van der Waals surface area contributed by atoms with Crippen LogP contribution in [-0.2, 0) is 23.7 Å². The lowest BCUT2D eigenvalue weighted by molar-refractivity contribution is -0.317. The molecule has 0 amide bonds. The number of benzene rings is 2. The maximum atomic E-state index is 13.8. The number of carbonyl (C=O) groups is 1. The molecule has 0 radical (unpaired) electrons. The van der Waals surface area contributed by atoms with E-state index in [1.54, 1.807) is 0 Å². The zero-order valence-electron chi connectivity index (χ0n) is 24.3. The van der Waals surface area contributed by atoms with Crippen LogP contribution in [0.5, 0.6) is 28.7 Å². The predicted octanol–water partition coefficient (Wildman–Crippen LogP) is -2.14. The first-order valence-corrected chi connectivity index (χ1v) is 14.1. The molecule has 47 heavy (non-hydrogen) atoms. The van der Waals surface area contributed by atoms with Crippen molar-refractivity contribution in [3.8, 4) is 40.1 Å². The minimum atomic E-state index is -2.05. The van der Waals surface area contributed by atoms with Crippen LogP contribution in [0, 0.1) is 0 Å². The number of phenols is 4. The number of hydrogen-bond acceptors (Lipinski definition) is 18. The van der Waals surface area contributed by atoms with Gasteiger partial charge in [0, 0.05) is 17.7 Å². The van der Waals surface area contributed by atoms with Gasteiger partial charge in [0.1, 0.15) is 59.1 Å². The van der Waals surface area contributed by atoms with Crippen LogP contribution >= 0.6 is 0 Å². The first-order chi connectivity index (χ1) is 22.3. The minimum Gasteiger partial charge on any atom is -0.508 e. The summed E-state index contributed by atoms with van der Waals surface area (Å²) < 4.78 is 33.1. The lowest BCUT2D eigenvalue weighted by Gasteiger charge is -2.40. The number of aliphatic hydroxyl groups excluding tert-OH is 6. The van der Waals surface area contributed by atoms with Gasteiger partial charge in [0.25, 0.3) is 0 Å². The molecule has 1 aromatic heterocycles. The summed E-state index contributed by atoms with van der Waals surface area (Å²) in [5.41, 5.74) is -1.50. The highest BCUT2D eigenvalue weighted by molar-refractivity contribution is 5.88. The average molecular weight is 669 g/mol. The highest BCUT2D eigenvalue weighted by Gasteiger charge is 2.54. The smallest absolute Gasteiger partial charge is 0.338 e. The summed E-state index contributed by atoms with van der Waals surface area (Å²) in [7, 11) is 0. The van der Waals surface area contributed by atoms with Crippen LogP contribution in [0.25, 0.3) is 22.3 Å². The third kappa shape index (κ3) is 6.38. The topological polar surface area (TPSA) is 296 Å². The van der Waals surface area contributed by atoms with E-state index >= 15 is 0 Å². The molecule has 3 heterocycles. The summed E-state index contributed by atoms with van der Waals surface area (Å²) in [5, 5.41) is 102. The average Bonchev–Trinajstić information content (AvgIpc) is 3.33. The fourth-order valence-electron chi connectivity index (χ4n) is 5.20. The molecule has 2 saturated heterocycles. The molecule has 256 valence electrons. The third-order valence-electron chi connectivity index (χ3n) is 7.57. The van der Waals surface area contributed by atoms with E-state index in [9.17, 15) is 60.7 Å². The summed E-state index contributed by atoms with van der Waals surface area (Å²) >= 11 is 0. The van der Waals surface area contributed by atoms with Crippen LogP contribution in [-0.4, -0.2) is 132 Å². The van der Waals surface area contributed by atoms with Crippen molar-refractivity contribution in [3.63, 3.8) is 0 Å². The Kier molecular flexibility index (Phi) is 9.78. The van der Waals surface area contributed by atoms with Crippen LogP contribution in [0.15, 0.2) is 39.5 Å². The second kappa shape index (κ2) is 13.5. The molecular weight excluding hydrogens is 636 g/mol. The molecule has 0 bridgehead atoms. The number of carbonyl (C=O) groups excluding carboxylic acids is 1. The van der Waals surface area contributed by atoms with Crippen molar-refractivity contribution in [2.45, 2.75) is 68.3 Å². The SMILES string of the molecule is CCOC(=O)[C@H]1O[C@@H](O[C@H]2[C@H](Oc3c(-c4ccc(O)c(O)c4)oc4cc(O)cc(O)c4c3=O)O[C@H]([C@H](O)CO)[C@@H]2O)[C@H](O)[C@@H](O)[C@@H]1O.